The highest BCUT2D eigenvalue weighted by molar-refractivity contribution is 8.18. The fourth-order valence-corrected chi connectivity index (χ4v) is 4.69. The van der Waals surface area contributed by atoms with Crippen molar-refractivity contribution in [2.24, 2.45) is 0 Å². The van der Waals surface area contributed by atoms with Crippen molar-refractivity contribution in [3.05, 3.63) is 97.6 Å². The third-order valence-electron chi connectivity index (χ3n) is 5.52. The van der Waals surface area contributed by atoms with Crippen molar-refractivity contribution >= 4 is 57.9 Å². The van der Waals surface area contributed by atoms with E-state index in [9.17, 15) is 28.9 Å². The lowest BCUT2D eigenvalue weighted by molar-refractivity contribution is -0.385. The number of imide groups is 1. The molecule has 206 valence electrons. The zero-order valence-electron chi connectivity index (χ0n) is 20.9. The van der Waals surface area contributed by atoms with Gasteiger partial charge in [-0.15, -0.1) is 0 Å². The Morgan fingerprint density at radius 3 is 2.62 bits per heavy atom. The van der Waals surface area contributed by atoms with Gasteiger partial charge < -0.3 is 14.8 Å². The number of para-hydroxylation sites is 1. The van der Waals surface area contributed by atoms with Crippen LogP contribution >= 0.6 is 23.4 Å². The van der Waals surface area contributed by atoms with Gasteiger partial charge in [-0.1, -0.05) is 29.8 Å². The Labute approximate surface area is 236 Å². The molecule has 0 aliphatic carbocycles. The third-order valence-corrected chi connectivity index (χ3v) is 6.71. The van der Waals surface area contributed by atoms with Crippen LogP contribution in [0.1, 0.15) is 18.1 Å². The van der Waals surface area contributed by atoms with Crippen LogP contribution in [0.3, 0.4) is 0 Å². The van der Waals surface area contributed by atoms with Crippen molar-refractivity contribution in [1.82, 2.24) is 4.90 Å². The molecule has 0 radical (unpaired) electrons. The van der Waals surface area contributed by atoms with Gasteiger partial charge in [-0.25, -0.2) is 4.39 Å². The lowest BCUT2D eigenvalue weighted by atomic mass is 10.1. The standard InChI is InChI=1S/C27H21ClFN3O7S/c1-2-38-23-11-16(7-10-22(23)39-15-17-5-3-4-6-21(17)32(36)37)12-24-26(34)31(27(35)40-24)14-25(33)30-18-8-9-20(29)19(28)13-18/h3-13H,2,14-15H2,1H3,(H,30,33)/b24-12+. The van der Waals surface area contributed by atoms with Gasteiger partial charge in [0.25, 0.3) is 16.8 Å². The molecule has 13 heteroatoms. The van der Waals surface area contributed by atoms with Gasteiger partial charge in [-0.2, -0.15) is 0 Å². The zero-order valence-corrected chi connectivity index (χ0v) is 22.5. The Balaban J connectivity index is 1.46. The molecule has 1 heterocycles. The second kappa shape index (κ2) is 12.6. The molecular weight excluding hydrogens is 565 g/mol. The van der Waals surface area contributed by atoms with E-state index in [0.29, 0.717) is 41.0 Å². The lowest BCUT2D eigenvalue weighted by Gasteiger charge is -2.13. The van der Waals surface area contributed by atoms with Gasteiger partial charge in [0.15, 0.2) is 11.5 Å². The van der Waals surface area contributed by atoms with Crippen molar-refractivity contribution in [2.45, 2.75) is 13.5 Å². The van der Waals surface area contributed by atoms with E-state index in [1.807, 2.05) is 0 Å². The van der Waals surface area contributed by atoms with E-state index in [-0.39, 0.29) is 27.9 Å². The molecule has 0 bridgehead atoms. The number of hydrogen-bond donors (Lipinski definition) is 1. The Bertz CT molecular complexity index is 1530. The molecule has 1 aliphatic rings. The summed E-state index contributed by atoms with van der Waals surface area (Å²) in [6, 6.07) is 14.7. The Kier molecular flexibility index (Phi) is 9.02. The minimum Gasteiger partial charge on any atom is -0.490 e. The summed E-state index contributed by atoms with van der Waals surface area (Å²) in [4.78, 5) is 49.4. The fourth-order valence-electron chi connectivity index (χ4n) is 3.67. The van der Waals surface area contributed by atoms with Crippen LogP contribution in [0.4, 0.5) is 20.6 Å². The number of amides is 3. The second-order valence-electron chi connectivity index (χ2n) is 8.26. The number of nitrogens with one attached hydrogen (secondary N) is 1. The number of nitro groups is 1. The Hall–Kier alpha value is -4.42. The molecule has 1 fully saturated rings. The van der Waals surface area contributed by atoms with E-state index >= 15 is 0 Å². The smallest absolute Gasteiger partial charge is 0.294 e. The molecule has 1 aliphatic heterocycles. The first-order chi connectivity index (χ1) is 19.2. The highest BCUT2D eigenvalue weighted by Gasteiger charge is 2.36. The minimum absolute atomic E-state index is 0.0667. The molecule has 3 aromatic rings. The number of nitrogens with zero attached hydrogens (tertiary/aromatic N) is 2. The highest BCUT2D eigenvalue weighted by Crippen LogP contribution is 2.35. The summed E-state index contributed by atoms with van der Waals surface area (Å²) in [5.41, 5.74) is 1.06. The number of rotatable bonds is 10. The zero-order chi connectivity index (χ0) is 28.8. The molecule has 3 amide bonds. The van der Waals surface area contributed by atoms with Crippen LogP contribution in [0, 0.1) is 15.9 Å². The Morgan fingerprint density at radius 2 is 1.90 bits per heavy atom. The minimum atomic E-state index is -0.662. The molecule has 1 N–H and O–H groups in total. The number of anilines is 1. The van der Waals surface area contributed by atoms with E-state index in [2.05, 4.69) is 5.32 Å². The summed E-state index contributed by atoms with van der Waals surface area (Å²) in [7, 11) is 0. The molecule has 40 heavy (non-hydrogen) atoms. The topological polar surface area (TPSA) is 128 Å². The van der Waals surface area contributed by atoms with Crippen molar-refractivity contribution < 1.29 is 33.2 Å². The molecule has 0 unspecified atom stereocenters. The molecule has 0 atom stereocenters. The van der Waals surface area contributed by atoms with Crippen molar-refractivity contribution in [2.75, 3.05) is 18.5 Å². The predicted molar refractivity (Wildman–Crippen MR) is 148 cm³/mol. The van der Waals surface area contributed by atoms with E-state index in [1.54, 1.807) is 43.3 Å². The molecule has 3 aromatic carbocycles. The lowest BCUT2D eigenvalue weighted by Crippen LogP contribution is -2.36. The van der Waals surface area contributed by atoms with Crippen molar-refractivity contribution in [3.8, 4) is 11.5 Å². The number of hydrogen-bond acceptors (Lipinski definition) is 8. The van der Waals surface area contributed by atoms with E-state index in [0.717, 1.165) is 11.0 Å². The normalized spacial score (nSPS) is 14.0. The van der Waals surface area contributed by atoms with E-state index < -0.39 is 34.3 Å². The highest BCUT2D eigenvalue weighted by atomic mass is 35.5. The summed E-state index contributed by atoms with van der Waals surface area (Å²) >= 11 is 6.39. The first-order valence-corrected chi connectivity index (χ1v) is 13.0. The summed E-state index contributed by atoms with van der Waals surface area (Å²) in [6.07, 6.45) is 1.48. The monoisotopic (exact) mass is 585 g/mol. The molecule has 10 nitrogen and oxygen atoms in total. The SMILES string of the molecule is CCOc1cc(/C=C2/SC(=O)N(CC(=O)Nc3ccc(F)c(Cl)c3)C2=O)ccc1OCc1ccccc1[N+](=O)[O-]. The van der Waals surface area contributed by atoms with Crippen LogP contribution in [0.2, 0.25) is 5.02 Å². The molecule has 1 saturated heterocycles. The number of benzene rings is 3. The average molecular weight is 586 g/mol. The van der Waals surface area contributed by atoms with Crippen molar-refractivity contribution in [3.63, 3.8) is 0 Å². The van der Waals surface area contributed by atoms with Crippen LogP contribution in [0.25, 0.3) is 6.08 Å². The molecule has 4 rings (SSSR count). The number of ether oxygens (including phenoxy) is 2. The van der Waals surface area contributed by atoms with Crippen LogP contribution in [-0.2, 0) is 16.2 Å². The second-order valence-corrected chi connectivity index (χ2v) is 9.66. The van der Waals surface area contributed by atoms with Crippen LogP contribution in [0.5, 0.6) is 11.5 Å². The summed E-state index contributed by atoms with van der Waals surface area (Å²) < 4.78 is 24.8. The predicted octanol–water partition coefficient (Wildman–Crippen LogP) is 6.04. The summed E-state index contributed by atoms with van der Waals surface area (Å²) in [6.45, 7) is 1.46. The van der Waals surface area contributed by atoms with Crippen LogP contribution in [-0.4, -0.2) is 40.0 Å². The van der Waals surface area contributed by atoms with E-state index in [4.69, 9.17) is 21.1 Å². The Morgan fingerprint density at radius 1 is 1.12 bits per heavy atom. The first kappa shape index (κ1) is 28.6. The molecule has 0 spiro atoms. The van der Waals surface area contributed by atoms with Gasteiger partial charge in [0, 0.05) is 11.8 Å². The largest absolute Gasteiger partial charge is 0.490 e. The third kappa shape index (κ3) is 6.77. The quantitative estimate of drug-likeness (QED) is 0.173. The molecule has 0 aromatic heterocycles. The first-order valence-electron chi connectivity index (χ1n) is 11.8. The summed E-state index contributed by atoms with van der Waals surface area (Å²) in [5.74, 6) is -1.29. The molecule has 0 saturated carbocycles. The maximum atomic E-state index is 13.3. The number of nitro benzene ring substituents is 1. The van der Waals surface area contributed by atoms with Gasteiger partial charge in [-0.05, 0) is 66.7 Å². The number of halogens is 2. The maximum Gasteiger partial charge on any atom is 0.294 e. The van der Waals surface area contributed by atoms with Crippen LogP contribution in [0.15, 0.2) is 65.6 Å². The van der Waals surface area contributed by atoms with Crippen molar-refractivity contribution in [1.29, 1.82) is 0 Å². The van der Waals surface area contributed by atoms with Gasteiger partial charge >= 0.3 is 0 Å². The molecular formula is C27H21ClFN3O7S. The van der Waals surface area contributed by atoms with Gasteiger partial charge in [0.05, 0.1) is 27.0 Å². The number of thioether (sulfide) groups is 1. The van der Waals surface area contributed by atoms with Gasteiger partial charge in [-0.3, -0.25) is 29.4 Å². The van der Waals surface area contributed by atoms with Gasteiger partial charge in [0.1, 0.15) is 19.0 Å². The number of carbonyl (C=O) groups is 3. The average Bonchev–Trinajstić information content (AvgIpc) is 3.17. The van der Waals surface area contributed by atoms with Gasteiger partial charge in [0.2, 0.25) is 5.91 Å². The number of carbonyl (C=O) groups excluding carboxylic acids is 3. The van der Waals surface area contributed by atoms with E-state index in [1.165, 1.54) is 24.3 Å². The maximum absolute atomic E-state index is 13.3. The summed E-state index contributed by atoms with van der Waals surface area (Å²) in [5, 5.41) is 12.9. The fraction of sp³-hybridized carbons (Fsp3) is 0.148. The van der Waals surface area contributed by atoms with Crippen LogP contribution < -0.4 is 14.8 Å².